The maximum Gasteiger partial charge on any atom is 1.00 e. The van der Waals surface area contributed by atoms with Crippen molar-refractivity contribution < 1.29 is 53.9 Å². The molecule has 13 heavy (non-hydrogen) atoms. The van der Waals surface area contributed by atoms with Gasteiger partial charge in [-0.25, -0.2) is 12.1 Å². The largest absolute Gasteiger partial charge is 1.00 e. The van der Waals surface area contributed by atoms with Crippen LogP contribution in [0.15, 0.2) is 30.3 Å². The van der Waals surface area contributed by atoms with E-state index in [2.05, 4.69) is 20.0 Å². The van der Waals surface area contributed by atoms with Crippen molar-refractivity contribution in [3.63, 3.8) is 0 Å². The van der Waals surface area contributed by atoms with Crippen molar-refractivity contribution in [1.82, 2.24) is 0 Å². The van der Waals surface area contributed by atoms with Gasteiger partial charge in [0.05, 0.1) is 0 Å². The van der Waals surface area contributed by atoms with Crippen molar-refractivity contribution in [3.05, 3.63) is 50.3 Å². The van der Waals surface area contributed by atoms with Gasteiger partial charge in [0.15, 0.2) is 0 Å². The first-order chi connectivity index (χ1) is 5.50. The summed E-state index contributed by atoms with van der Waals surface area (Å²) in [6.07, 6.45) is 0. The molecule has 3 nitrogen and oxygen atoms in total. The standard InChI is InChI=1S/C5H5.3CO.Li.Mo/c1-2-4-5-3-1;3*1-2;;/h1-5H;;;;;/q-1;;;;+1;. The first-order valence-corrected chi connectivity index (χ1v) is 2.28. The van der Waals surface area contributed by atoms with E-state index in [1.165, 1.54) is 0 Å². The summed E-state index contributed by atoms with van der Waals surface area (Å²) in [5, 5.41) is 0. The van der Waals surface area contributed by atoms with Gasteiger partial charge in [-0.3, -0.25) is 0 Å². The fourth-order valence-electron chi connectivity index (χ4n) is 0.321. The molecular weight excluding hydrogens is 247 g/mol. The Morgan fingerprint density at radius 1 is 0.769 bits per heavy atom. The normalized spacial score (nSPS) is 3.54. The van der Waals surface area contributed by atoms with Crippen LogP contribution in [0, 0.1) is 20.0 Å². The van der Waals surface area contributed by atoms with Crippen molar-refractivity contribution in [2.24, 2.45) is 0 Å². The van der Waals surface area contributed by atoms with Gasteiger partial charge in [0.2, 0.25) is 0 Å². The van der Waals surface area contributed by atoms with Crippen molar-refractivity contribution in [2.45, 2.75) is 0 Å². The van der Waals surface area contributed by atoms with Gasteiger partial charge < -0.3 is 0 Å². The average molecular weight is 252 g/mol. The maximum atomic E-state index is 7.50. The summed E-state index contributed by atoms with van der Waals surface area (Å²) in [7, 11) is 0. The van der Waals surface area contributed by atoms with E-state index in [1.54, 1.807) is 0 Å². The SMILES string of the molecule is [C-]#[O+].[C-]#[O+].[C-]#[O+].[Li+].[Mo].c1cc[cH-]c1. The molecule has 62 valence electrons. The van der Waals surface area contributed by atoms with Crippen LogP contribution in [0.5, 0.6) is 0 Å². The molecule has 0 fully saturated rings. The van der Waals surface area contributed by atoms with E-state index in [1.807, 2.05) is 30.3 Å². The van der Waals surface area contributed by atoms with Gasteiger partial charge in [-0.15, -0.1) is 0 Å². The molecule has 0 radical (unpaired) electrons. The van der Waals surface area contributed by atoms with Crippen molar-refractivity contribution >= 4 is 0 Å². The number of hydrogen-bond acceptors (Lipinski definition) is 0. The summed E-state index contributed by atoms with van der Waals surface area (Å²) >= 11 is 0. The zero-order chi connectivity index (χ0) is 9.54. The van der Waals surface area contributed by atoms with E-state index < -0.39 is 0 Å². The number of hydrogen-bond donors (Lipinski definition) is 0. The fourth-order valence-corrected chi connectivity index (χ4v) is 0.321. The topological polar surface area (TPSA) is 59.7 Å². The Labute approximate surface area is 104 Å². The predicted octanol–water partition coefficient (Wildman–Crippen LogP) is -1.71. The predicted molar refractivity (Wildman–Crippen MR) is 33.8 cm³/mol. The Balaban J connectivity index is -0.0000000239. The summed E-state index contributed by atoms with van der Waals surface area (Å²) in [4.78, 5) is 0. The smallest absolute Gasteiger partial charge is 0.214 e. The Morgan fingerprint density at radius 3 is 1.08 bits per heavy atom. The maximum absolute atomic E-state index is 7.50. The summed E-state index contributed by atoms with van der Waals surface area (Å²) in [6, 6.07) is 10.0. The molecule has 0 spiro atoms. The molecule has 0 aromatic heterocycles. The molecule has 5 heteroatoms. The first kappa shape index (κ1) is 29.3. The van der Waals surface area contributed by atoms with E-state index in [4.69, 9.17) is 14.0 Å². The summed E-state index contributed by atoms with van der Waals surface area (Å²) in [6.45, 7) is 13.5. The molecule has 0 atom stereocenters. The van der Waals surface area contributed by atoms with Gasteiger partial charge in [-0.2, -0.15) is 18.2 Å². The molecule has 0 unspecified atom stereocenters. The molecule has 0 saturated heterocycles. The van der Waals surface area contributed by atoms with Crippen molar-refractivity contribution in [2.75, 3.05) is 0 Å². The van der Waals surface area contributed by atoms with E-state index in [0.717, 1.165) is 0 Å². The Morgan fingerprint density at radius 2 is 1.00 bits per heavy atom. The molecule has 0 aliphatic rings. The second-order valence-corrected chi connectivity index (χ2v) is 0.962. The minimum Gasteiger partial charge on any atom is -0.214 e. The van der Waals surface area contributed by atoms with Crippen molar-refractivity contribution in [3.8, 4) is 0 Å². The molecule has 0 bridgehead atoms. The molecule has 0 amide bonds. The third kappa shape index (κ3) is 48.8. The van der Waals surface area contributed by atoms with E-state index in [9.17, 15) is 0 Å². The molecule has 0 saturated carbocycles. The molecule has 1 rings (SSSR count). The third-order valence-electron chi connectivity index (χ3n) is 0.556. The average Bonchev–Trinajstić information content (AvgIpc) is 2.71. The van der Waals surface area contributed by atoms with Crippen LogP contribution in [-0.2, 0) is 35.0 Å². The van der Waals surface area contributed by atoms with Crippen LogP contribution in [-0.4, -0.2) is 0 Å². The zero-order valence-corrected chi connectivity index (χ0v) is 9.03. The van der Waals surface area contributed by atoms with Gasteiger partial charge in [-0.1, -0.05) is 0 Å². The molecule has 0 aliphatic heterocycles. The molecule has 0 N–H and O–H groups in total. The van der Waals surface area contributed by atoms with Gasteiger partial charge in [0, 0.05) is 21.1 Å². The minimum atomic E-state index is 0. The summed E-state index contributed by atoms with van der Waals surface area (Å²) in [5.41, 5.74) is 0. The third-order valence-corrected chi connectivity index (χ3v) is 0.556. The van der Waals surface area contributed by atoms with E-state index in [-0.39, 0.29) is 39.9 Å². The van der Waals surface area contributed by atoms with Gasteiger partial charge in [-0.05, 0) is 0 Å². The minimum absolute atomic E-state index is 0. The fraction of sp³-hybridized carbons (Fsp3) is 0. The molecular formula is C8H5LiMoO3. The van der Waals surface area contributed by atoms with Gasteiger partial charge in [0.25, 0.3) is 0 Å². The van der Waals surface area contributed by atoms with Crippen LogP contribution in [0.3, 0.4) is 0 Å². The molecule has 1 aromatic rings. The van der Waals surface area contributed by atoms with Crippen LogP contribution < -0.4 is 18.9 Å². The van der Waals surface area contributed by atoms with Crippen LogP contribution in [0.25, 0.3) is 0 Å². The molecule has 0 heterocycles. The quantitative estimate of drug-likeness (QED) is 0.300. The van der Waals surface area contributed by atoms with Crippen LogP contribution in [0.1, 0.15) is 0 Å². The van der Waals surface area contributed by atoms with Crippen molar-refractivity contribution in [1.29, 1.82) is 0 Å². The Bertz CT molecular complexity index is 148. The summed E-state index contributed by atoms with van der Waals surface area (Å²) < 4.78 is 22.5. The van der Waals surface area contributed by atoms with Gasteiger partial charge >= 0.3 is 52.8 Å². The number of rotatable bonds is 0. The summed E-state index contributed by atoms with van der Waals surface area (Å²) in [5.74, 6) is 0. The first-order valence-electron chi connectivity index (χ1n) is 2.28. The Kier molecular flexibility index (Phi) is 133. The van der Waals surface area contributed by atoms with Crippen LogP contribution >= 0.6 is 0 Å². The van der Waals surface area contributed by atoms with Gasteiger partial charge in [0.1, 0.15) is 0 Å². The monoisotopic (exact) mass is 254 g/mol. The zero-order valence-electron chi connectivity index (χ0n) is 7.02. The molecule has 0 aliphatic carbocycles. The van der Waals surface area contributed by atoms with Crippen LogP contribution in [0.2, 0.25) is 0 Å². The van der Waals surface area contributed by atoms with E-state index >= 15 is 0 Å². The second kappa shape index (κ2) is 59.3. The molecule has 1 aromatic carbocycles. The second-order valence-electron chi connectivity index (χ2n) is 0.962. The Hall–Kier alpha value is -0.144. The van der Waals surface area contributed by atoms with Crippen LogP contribution in [0.4, 0.5) is 0 Å². The van der Waals surface area contributed by atoms with E-state index in [0.29, 0.717) is 0 Å².